The molecular formula is C22H23N3O4. The van der Waals surface area contributed by atoms with E-state index in [0.29, 0.717) is 34.4 Å². The standard InChI is InChI=1S/C22H23N3O4/c1-3-4-11-23-18-10-9-15(22(28)29)12-19(18)24-21(27)17-13-25(14(2)26)20-8-6-5-7-16(17)20/h5-10,12-13,23H,3-4,11H2,1-2H3,(H,24,27)(H,28,29). The van der Waals surface area contributed by atoms with Crippen molar-refractivity contribution in [2.45, 2.75) is 26.7 Å². The first kappa shape index (κ1) is 20.1. The molecule has 150 valence electrons. The largest absolute Gasteiger partial charge is 0.478 e. The Balaban J connectivity index is 1.98. The van der Waals surface area contributed by atoms with Crippen LogP contribution in [-0.2, 0) is 0 Å². The van der Waals surface area contributed by atoms with E-state index in [1.165, 1.54) is 29.8 Å². The summed E-state index contributed by atoms with van der Waals surface area (Å²) in [5.74, 6) is -1.69. The van der Waals surface area contributed by atoms with Crippen LogP contribution in [0.3, 0.4) is 0 Å². The first-order chi connectivity index (χ1) is 13.9. The summed E-state index contributed by atoms with van der Waals surface area (Å²) < 4.78 is 1.43. The number of unbranched alkanes of at least 4 members (excludes halogenated alkanes) is 1. The summed E-state index contributed by atoms with van der Waals surface area (Å²) in [7, 11) is 0. The Morgan fingerprint density at radius 1 is 1.07 bits per heavy atom. The predicted molar refractivity (Wildman–Crippen MR) is 113 cm³/mol. The number of para-hydroxylation sites is 1. The Kier molecular flexibility index (Phi) is 5.97. The topological polar surface area (TPSA) is 100 Å². The Morgan fingerprint density at radius 3 is 2.52 bits per heavy atom. The van der Waals surface area contributed by atoms with Crippen LogP contribution in [0.5, 0.6) is 0 Å². The maximum atomic E-state index is 13.0. The number of carbonyl (C=O) groups excluding carboxylic acids is 2. The number of carbonyl (C=O) groups is 3. The minimum absolute atomic E-state index is 0.0764. The zero-order valence-electron chi connectivity index (χ0n) is 16.4. The van der Waals surface area contributed by atoms with Gasteiger partial charge in [0, 0.05) is 25.1 Å². The predicted octanol–water partition coefficient (Wildman–Crippen LogP) is 4.46. The third-order valence-corrected chi connectivity index (χ3v) is 4.66. The van der Waals surface area contributed by atoms with Crippen molar-refractivity contribution < 1.29 is 19.5 Å². The number of nitrogens with one attached hydrogen (secondary N) is 2. The Bertz CT molecular complexity index is 1080. The average Bonchev–Trinajstić information content (AvgIpc) is 3.09. The Hall–Kier alpha value is -3.61. The summed E-state index contributed by atoms with van der Waals surface area (Å²) in [6.07, 6.45) is 3.46. The minimum atomic E-state index is -1.08. The fraction of sp³-hybridized carbons (Fsp3) is 0.227. The number of anilines is 2. The third kappa shape index (κ3) is 4.29. The van der Waals surface area contributed by atoms with Crippen LogP contribution >= 0.6 is 0 Å². The van der Waals surface area contributed by atoms with Gasteiger partial charge in [-0.1, -0.05) is 31.5 Å². The van der Waals surface area contributed by atoms with Gasteiger partial charge in [0.15, 0.2) is 0 Å². The Morgan fingerprint density at radius 2 is 1.83 bits per heavy atom. The van der Waals surface area contributed by atoms with Crippen LogP contribution in [0, 0.1) is 0 Å². The van der Waals surface area contributed by atoms with Crippen molar-refractivity contribution in [1.29, 1.82) is 0 Å². The quantitative estimate of drug-likeness (QED) is 0.515. The Labute approximate surface area is 168 Å². The number of hydrogen-bond donors (Lipinski definition) is 3. The van der Waals surface area contributed by atoms with Crippen molar-refractivity contribution in [3.8, 4) is 0 Å². The first-order valence-corrected chi connectivity index (χ1v) is 9.46. The maximum absolute atomic E-state index is 13.0. The van der Waals surface area contributed by atoms with E-state index in [1.807, 2.05) is 0 Å². The highest BCUT2D eigenvalue weighted by molar-refractivity contribution is 6.15. The number of rotatable bonds is 7. The number of fused-ring (bicyclic) bond motifs is 1. The van der Waals surface area contributed by atoms with Crippen LogP contribution in [0.4, 0.5) is 11.4 Å². The van der Waals surface area contributed by atoms with E-state index < -0.39 is 11.9 Å². The summed E-state index contributed by atoms with van der Waals surface area (Å²) >= 11 is 0. The third-order valence-electron chi connectivity index (χ3n) is 4.66. The number of aromatic nitrogens is 1. The van der Waals surface area contributed by atoms with Gasteiger partial charge < -0.3 is 15.7 Å². The van der Waals surface area contributed by atoms with Crippen molar-refractivity contribution in [3.63, 3.8) is 0 Å². The van der Waals surface area contributed by atoms with Crippen molar-refractivity contribution >= 4 is 40.1 Å². The number of aromatic carboxylic acids is 1. The molecule has 7 nitrogen and oxygen atoms in total. The summed E-state index contributed by atoms with van der Waals surface area (Å²) in [5, 5.41) is 16.0. The highest BCUT2D eigenvalue weighted by Gasteiger charge is 2.18. The second-order valence-corrected chi connectivity index (χ2v) is 6.75. The summed E-state index contributed by atoms with van der Waals surface area (Å²) in [4.78, 5) is 36.3. The highest BCUT2D eigenvalue weighted by Crippen LogP contribution is 2.27. The monoisotopic (exact) mass is 393 g/mol. The molecule has 1 aromatic heterocycles. The van der Waals surface area contributed by atoms with Crippen LogP contribution in [-0.4, -0.2) is 34.0 Å². The molecule has 3 aromatic rings. The van der Waals surface area contributed by atoms with E-state index in [-0.39, 0.29) is 11.5 Å². The zero-order valence-corrected chi connectivity index (χ0v) is 16.4. The molecule has 0 atom stereocenters. The van der Waals surface area contributed by atoms with Crippen molar-refractivity contribution in [2.75, 3.05) is 17.2 Å². The number of carboxylic acid groups (broad SMARTS) is 1. The molecule has 0 aliphatic carbocycles. The first-order valence-electron chi connectivity index (χ1n) is 9.46. The lowest BCUT2D eigenvalue weighted by molar-refractivity contribution is 0.0696. The van der Waals surface area contributed by atoms with Gasteiger partial charge in [-0.15, -0.1) is 0 Å². The molecule has 0 radical (unpaired) electrons. The average molecular weight is 393 g/mol. The molecule has 0 unspecified atom stereocenters. The second kappa shape index (κ2) is 8.60. The van der Waals surface area contributed by atoms with Crippen LogP contribution in [0.1, 0.15) is 52.2 Å². The second-order valence-electron chi connectivity index (χ2n) is 6.75. The summed E-state index contributed by atoms with van der Waals surface area (Å²) in [5.41, 5.74) is 2.09. The maximum Gasteiger partial charge on any atom is 0.335 e. The number of benzene rings is 2. The number of hydrogen-bond acceptors (Lipinski definition) is 4. The van der Waals surface area contributed by atoms with Crippen molar-refractivity contribution in [2.24, 2.45) is 0 Å². The number of nitrogens with zero attached hydrogens (tertiary/aromatic N) is 1. The summed E-state index contributed by atoms with van der Waals surface area (Å²) in [6.45, 7) is 4.21. The lowest BCUT2D eigenvalue weighted by Gasteiger charge is -2.14. The van der Waals surface area contributed by atoms with Gasteiger partial charge in [-0.25, -0.2) is 4.79 Å². The molecule has 0 saturated carbocycles. The number of carboxylic acids is 1. The summed E-state index contributed by atoms with van der Waals surface area (Å²) in [6, 6.07) is 11.7. The van der Waals surface area contributed by atoms with E-state index in [1.54, 1.807) is 30.3 Å². The van der Waals surface area contributed by atoms with Gasteiger partial charge in [-0.2, -0.15) is 0 Å². The molecule has 0 bridgehead atoms. The van der Waals surface area contributed by atoms with E-state index in [2.05, 4.69) is 17.6 Å². The van der Waals surface area contributed by atoms with Gasteiger partial charge in [-0.05, 0) is 30.7 Å². The molecule has 0 saturated heterocycles. The molecule has 0 aliphatic rings. The van der Waals surface area contributed by atoms with Crippen molar-refractivity contribution in [3.05, 3.63) is 59.8 Å². The molecule has 3 N–H and O–H groups in total. The smallest absolute Gasteiger partial charge is 0.335 e. The van der Waals surface area contributed by atoms with Gasteiger partial charge in [-0.3, -0.25) is 14.2 Å². The molecule has 29 heavy (non-hydrogen) atoms. The van der Waals surface area contributed by atoms with Crippen LogP contribution in [0.25, 0.3) is 10.9 Å². The zero-order chi connectivity index (χ0) is 21.0. The van der Waals surface area contributed by atoms with Crippen molar-refractivity contribution in [1.82, 2.24) is 4.57 Å². The fourth-order valence-electron chi connectivity index (χ4n) is 3.15. The van der Waals surface area contributed by atoms with Crippen LogP contribution < -0.4 is 10.6 Å². The van der Waals surface area contributed by atoms with Gasteiger partial charge in [0.05, 0.1) is 28.0 Å². The molecule has 2 aromatic carbocycles. The van der Waals surface area contributed by atoms with Crippen LogP contribution in [0.15, 0.2) is 48.7 Å². The van der Waals surface area contributed by atoms with Gasteiger partial charge in [0.2, 0.25) is 5.91 Å². The molecule has 1 amide bonds. The lowest BCUT2D eigenvalue weighted by Crippen LogP contribution is -2.15. The molecule has 0 fully saturated rings. The van der Waals surface area contributed by atoms with E-state index in [4.69, 9.17) is 0 Å². The normalized spacial score (nSPS) is 10.7. The molecule has 0 aliphatic heterocycles. The molecule has 3 rings (SSSR count). The van der Waals surface area contributed by atoms with E-state index in [9.17, 15) is 19.5 Å². The fourth-order valence-corrected chi connectivity index (χ4v) is 3.15. The lowest BCUT2D eigenvalue weighted by atomic mass is 10.1. The number of amides is 1. The minimum Gasteiger partial charge on any atom is -0.478 e. The van der Waals surface area contributed by atoms with E-state index in [0.717, 1.165) is 12.8 Å². The van der Waals surface area contributed by atoms with E-state index >= 15 is 0 Å². The highest BCUT2D eigenvalue weighted by atomic mass is 16.4. The van der Waals surface area contributed by atoms with Gasteiger partial charge in [0.25, 0.3) is 5.91 Å². The molecule has 1 heterocycles. The molecular weight excluding hydrogens is 370 g/mol. The van der Waals surface area contributed by atoms with Gasteiger partial charge in [0.1, 0.15) is 0 Å². The molecule has 7 heteroatoms. The molecule has 0 spiro atoms. The van der Waals surface area contributed by atoms with Crippen LogP contribution in [0.2, 0.25) is 0 Å². The van der Waals surface area contributed by atoms with Gasteiger partial charge >= 0.3 is 5.97 Å². The SMILES string of the molecule is CCCCNc1ccc(C(=O)O)cc1NC(=O)c1cn(C(C)=O)c2ccccc12.